The summed E-state index contributed by atoms with van der Waals surface area (Å²) in [6.45, 7) is 2.88. The first-order valence-electron chi connectivity index (χ1n) is 11.8. The van der Waals surface area contributed by atoms with Crippen LogP contribution in [0.4, 0.5) is 21.5 Å². The number of carbonyl (C=O) groups is 1. The second-order valence-corrected chi connectivity index (χ2v) is 9.45. The fourth-order valence-electron chi connectivity index (χ4n) is 5.84. The van der Waals surface area contributed by atoms with Gasteiger partial charge in [0.1, 0.15) is 11.9 Å². The molecule has 1 saturated carbocycles. The lowest BCUT2D eigenvalue weighted by atomic mass is 9.77. The molecular weight excluding hydrogens is 389 g/mol. The Morgan fingerprint density at radius 1 is 1.03 bits per heavy atom. The monoisotopic (exact) mass is 421 g/mol. The average molecular weight is 422 g/mol. The van der Waals surface area contributed by atoms with Gasteiger partial charge in [-0.05, 0) is 61.3 Å². The van der Waals surface area contributed by atoms with Gasteiger partial charge in [0, 0.05) is 24.2 Å². The number of hydrogen-bond acceptors (Lipinski definition) is 3. The van der Waals surface area contributed by atoms with Gasteiger partial charge in [0.05, 0.1) is 11.4 Å². The Labute approximate surface area is 184 Å². The van der Waals surface area contributed by atoms with Crippen LogP contribution in [-0.2, 0) is 11.2 Å². The van der Waals surface area contributed by atoms with E-state index in [1.807, 2.05) is 13.0 Å². The van der Waals surface area contributed by atoms with E-state index in [-0.39, 0.29) is 11.7 Å². The molecule has 5 rings (SSSR count). The van der Waals surface area contributed by atoms with Crippen molar-refractivity contribution in [3.05, 3.63) is 52.8 Å². The van der Waals surface area contributed by atoms with Crippen LogP contribution in [0, 0.1) is 18.7 Å². The molecule has 2 unspecified atom stereocenters. The van der Waals surface area contributed by atoms with Crippen LogP contribution in [0.1, 0.15) is 67.6 Å². The number of hydrogen-bond donors (Lipinski definition) is 3. The maximum absolute atomic E-state index is 14.2. The highest BCUT2D eigenvalue weighted by molar-refractivity contribution is 6.01. The molecule has 31 heavy (non-hydrogen) atoms. The number of para-hydroxylation sites is 1. The molecular formula is C26H32FN3O. The van der Waals surface area contributed by atoms with Gasteiger partial charge in [-0.25, -0.2) is 4.39 Å². The maximum Gasteiger partial charge on any atom is 0.247 e. The molecule has 2 atom stereocenters. The summed E-state index contributed by atoms with van der Waals surface area (Å²) in [4.78, 5) is 13.1. The molecule has 1 amide bonds. The first-order chi connectivity index (χ1) is 15.1. The Balaban J connectivity index is 1.35. The zero-order valence-corrected chi connectivity index (χ0v) is 18.3. The third kappa shape index (κ3) is 3.90. The molecule has 3 aliphatic rings. The number of halogens is 1. The third-order valence-corrected chi connectivity index (χ3v) is 7.49. The Hall–Kier alpha value is -2.56. The lowest BCUT2D eigenvalue weighted by Gasteiger charge is -2.34. The van der Waals surface area contributed by atoms with E-state index in [1.165, 1.54) is 50.2 Å². The minimum atomic E-state index is -0.456. The van der Waals surface area contributed by atoms with Crippen molar-refractivity contribution in [3.63, 3.8) is 0 Å². The highest BCUT2D eigenvalue weighted by Crippen LogP contribution is 2.44. The zero-order valence-electron chi connectivity index (χ0n) is 18.3. The Morgan fingerprint density at radius 3 is 2.61 bits per heavy atom. The van der Waals surface area contributed by atoms with E-state index < -0.39 is 6.04 Å². The SMILES string of the molecule is Cc1ccc(F)c2c1NC(C(=O)Nc1cccc3c1NCCC3C1CCCCCC1)C2. The van der Waals surface area contributed by atoms with Crippen molar-refractivity contribution < 1.29 is 9.18 Å². The third-order valence-electron chi connectivity index (χ3n) is 7.49. The van der Waals surface area contributed by atoms with Crippen LogP contribution in [0.15, 0.2) is 30.3 Å². The van der Waals surface area contributed by atoms with Gasteiger partial charge in [-0.15, -0.1) is 0 Å². The summed E-state index contributed by atoms with van der Waals surface area (Å²) < 4.78 is 14.2. The van der Waals surface area contributed by atoms with E-state index in [4.69, 9.17) is 0 Å². The second-order valence-electron chi connectivity index (χ2n) is 9.45. The molecule has 4 nitrogen and oxygen atoms in total. The molecule has 2 heterocycles. The van der Waals surface area contributed by atoms with Crippen molar-refractivity contribution in [2.75, 3.05) is 22.5 Å². The number of carbonyl (C=O) groups excluding carboxylic acids is 1. The molecule has 3 N–H and O–H groups in total. The molecule has 0 saturated heterocycles. The summed E-state index contributed by atoms with van der Waals surface area (Å²) in [5.41, 5.74) is 5.62. The molecule has 164 valence electrons. The first kappa shape index (κ1) is 20.3. The molecule has 1 aliphatic carbocycles. The normalized spacial score (nSPS) is 23.2. The van der Waals surface area contributed by atoms with E-state index in [0.29, 0.717) is 17.9 Å². The minimum Gasteiger partial charge on any atom is -0.383 e. The van der Waals surface area contributed by atoms with Gasteiger partial charge in [-0.3, -0.25) is 4.79 Å². The van der Waals surface area contributed by atoms with Crippen LogP contribution >= 0.6 is 0 Å². The van der Waals surface area contributed by atoms with Gasteiger partial charge in [0.15, 0.2) is 0 Å². The lowest BCUT2D eigenvalue weighted by Crippen LogP contribution is -2.33. The molecule has 5 heteroatoms. The fourth-order valence-corrected chi connectivity index (χ4v) is 5.84. The second kappa shape index (κ2) is 8.52. The predicted molar refractivity (Wildman–Crippen MR) is 124 cm³/mol. The molecule has 0 spiro atoms. The Morgan fingerprint density at radius 2 is 1.84 bits per heavy atom. The topological polar surface area (TPSA) is 53.2 Å². The van der Waals surface area contributed by atoms with Gasteiger partial charge in [-0.1, -0.05) is 43.9 Å². The number of benzene rings is 2. The Kier molecular flexibility index (Phi) is 5.59. The summed E-state index contributed by atoms with van der Waals surface area (Å²) in [5, 5.41) is 9.93. The quantitative estimate of drug-likeness (QED) is 0.535. The molecule has 2 aromatic rings. The highest BCUT2D eigenvalue weighted by atomic mass is 19.1. The van der Waals surface area contributed by atoms with E-state index >= 15 is 0 Å². The number of nitrogens with one attached hydrogen (secondary N) is 3. The van der Waals surface area contributed by atoms with Crippen molar-refractivity contribution in [1.29, 1.82) is 0 Å². The van der Waals surface area contributed by atoms with Crippen molar-refractivity contribution in [3.8, 4) is 0 Å². The highest BCUT2D eigenvalue weighted by Gasteiger charge is 2.32. The number of anilines is 3. The van der Waals surface area contributed by atoms with Crippen molar-refractivity contribution >= 4 is 23.0 Å². The van der Waals surface area contributed by atoms with Gasteiger partial charge < -0.3 is 16.0 Å². The van der Waals surface area contributed by atoms with Crippen molar-refractivity contribution in [2.45, 2.75) is 70.3 Å². The molecule has 2 aliphatic heterocycles. The average Bonchev–Trinajstić information content (AvgIpc) is 3.08. The molecule has 0 aromatic heterocycles. The van der Waals surface area contributed by atoms with E-state index in [2.05, 4.69) is 28.1 Å². The minimum absolute atomic E-state index is 0.109. The van der Waals surface area contributed by atoms with Crippen LogP contribution in [-0.4, -0.2) is 18.5 Å². The zero-order chi connectivity index (χ0) is 21.4. The standard InChI is InChI=1S/C26H32FN3O/c1-16-11-12-21(27)20-15-23(29-24(16)20)26(31)30-22-10-6-9-19-18(13-14-28-25(19)22)17-7-4-2-3-5-8-17/h6,9-12,17-18,23,28-29H,2-5,7-8,13-15H2,1H3,(H,30,31). The molecule has 0 bridgehead atoms. The summed E-state index contributed by atoms with van der Waals surface area (Å²) in [6.07, 6.45) is 9.57. The van der Waals surface area contributed by atoms with Gasteiger partial charge >= 0.3 is 0 Å². The number of rotatable bonds is 3. The van der Waals surface area contributed by atoms with Gasteiger partial charge in [0.2, 0.25) is 5.91 Å². The summed E-state index contributed by atoms with van der Waals surface area (Å²) in [7, 11) is 0. The van der Waals surface area contributed by atoms with Crippen LogP contribution < -0.4 is 16.0 Å². The number of amides is 1. The summed E-state index contributed by atoms with van der Waals surface area (Å²) >= 11 is 0. The van der Waals surface area contributed by atoms with Gasteiger partial charge in [-0.2, -0.15) is 0 Å². The fraction of sp³-hybridized carbons (Fsp3) is 0.500. The van der Waals surface area contributed by atoms with Crippen LogP contribution in [0.25, 0.3) is 0 Å². The van der Waals surface area contributed by atoms with E-state index in [1.54, 1.807) is 6.07 Å². The summed E-state index contributed by atoms with van der Waals surface area (Å²) in [6, 6.07) is 9.06. The van der Waals surface area contributed by atoms with E-state index in [0.717, 1.165) is 41.5 Å². The van der Waals surface area contributed by atoms with Gasteiger partial charge in [0.25, 0.3) is 0 Å². The van der Waals surface area contributed by atoms with Crippen molar-refractivity contribution in [2.24, 2.45) is 5.92 Å². The van der Waals surface area contributed by atoms with E-state index in [9.17, 15) is 9.18 Å². The smallest absolute Gasteiger partial charge is 0.247 e. The van der Waals surface area contributed by atoms with Crippen molar-refractivity contribution in [1.82, 2.24) is 0 Å². The summed E-state index contributed by atoms with van der Waals surface area (Å²) in [5.74, 6) is 0.957. The number of fused-ring (bicyclic) bond motifs is 2. The molecule has 0 radical (unpaired) electrons. The predicted octanol–water partition coefficient (Wildman–Crippen LogP) is 5.98. The Bertz CT molecular complexity index is 950. The largest absolute Gasteiger partial charge is 0.383 e. The van der Waals surface area contributed by atoms with Crippen LogP contribution in [0.2, 0.25) is 0 Å². The maximum atomic E-state index is 14.2. The first-order valence-corrected chi connectivity index (χ1v) is 11.8. The van der Waals surface area contributed by atoms with Crippen LogP contribution in [0.5, 0.6) is 0 Å². The lowest BCUT2D eigenvalue weighted by molar-refractivity contribution is -0.116. The number of aryl methyl sites for hydroxylation is 1. The molecule has 1 fully saturated rings. The van der Waals surface area contributed by atoms with Crippen LogP contribution in [0.3, 0.4) is 0 Å². The molecule has 2 aromatic carbocycles.